The molecule has 0 bridgehead atoms. The van der Waals surface area contributed by atoms with Crippen molar-refractivity contribution in [2.45, 2.75) is 13.3 Å². The van der Waals surface area contributed by atoms with Gasteiger partial charge in [0.05, 0.1) is 6.42 Å². The molecule has 2 heteroatoms. The molecular weight excluding hydrogens is 167 g/mol. The van der Waals surface area contributed by atoms with E-state index >= 15 is 0 Å². The molecule has 13 heavy (non-hydrogen) atoms. The molecule has 0 aliphatic carbocycles. The fraction of sp³-hybridized carbons (Fsp3) is 0.182. The standard InChI is InChI=1S/C11H9FO/c1-3-4-11(13)9-6-5-8(2)10(12)7-9/h1,5-7H,4H2,2H3. The summed E-state index contributed by atoms with van der Waals surface area (Å²) in [7, 11) is 0. The highest BCUT2D eigenvalue weighted by molar-refractivity contribution is 5.97. The maximum Gasteiger partial charge on any atom is 0.174 e. The predicted octanol–water partition coefficient (Wildman–Crippen LogP) is 2.34. The summed E-state index contributed by atoms with van der Waals surface area (Å²) >= 11 is 0. The molecule has 0 amide bonds. The summed E-state index contributed by atoms with van der Waals surface area (Å²) in [6.07, 6.45) is 4.99. The number of rotatable bonds is 2. The average Bonchev–Trinajstić information content (AvgIpc) is 2.10. The van der Waals surface area contributed by atoms with Crippen molar-refractivity contribution in [2.24, 2.45) is 0 Å². The molecular formula is C11H9FO. The average molecular weight is 176 g/mol. The van der Waals surface area contributed by atoms with Crippen LogP contribution in [-0.4, -0.2) is 5.78 Å². The van der Waals surface area contributed by atoms with Crippen LogP contribution in [0.2, 0.25) is 0 Å². The van der Waals surface area contributed by atoms with Gasteiger partial charge < -0.3 is 0 Å². The SMILES string of the molecule is C#CCC(=O)c1ccc(C)c(F)c1. The minimum Gasteiger partial charge on any atom is -0.293 e. The summed E-state index contributed by atoms with van der Waals surface area (Å²) in [5, 5.41) is 0. The van der Waals surface area contributed by atoms with Gasteiger partial charge in [-0.2, -0.15) is 0 Å². The molecule has 0 heterocycles. The van der Waals surface area contributed by atoms with Crippen molar-refractivity contribution >= 4 is 5.78 Å². The number of carbonyl (C=O) groups is 1. The number of hydrogen-bond donors (Lipinski definition) is 0. The van der Waals surface area contributed by atoms with Crippen LogP contribution in [0, 0.1) is 25.1 Å². The second kappa shape index (κ2) is 3.86. The Balaban J connectivity index is 2.98. The number of hydrogen-bond acceptors (Lipinski definition) is 1. The Hall–Kier alpha value is -1.62. The van der Waals surface area contributed by atoms with Crippen molar-refractivity contribution in [3.8, 4) is 12.3 Å². The lowest BCUT2D eigenvalue weighted by atomic mass is 10.1. The molecule has 66 valence electrons. The topological polar surface area (TPSA) is 17.1 Å². The number of benzene rings is 1. The van der Waals surface area contributed by atoms with Crippen molar-refractivity contribution in [3.63, 3.8) is 0 Å². The predicted molar refractivity (Wildman–Crippen MR) is 48.9 cm³/mol. The number of aryl methyl sites for hydroxylation is 1. The Kier molecular flexibility index (Phi) is 2.81. The summed E-state index contributed by atoms with van der Waals surface area (Å²) in [4.78, 5) is 11.2. The van der Waals surface area contributed by atoms with Gasteiger partial charge in [0.15, 0.2) is 5.78 Å². The van der Waals surface area contributed by atoms with E-state index in [1.807, 2.05) is 0 Å². The monoisotopic (exact) mass is 176 g/mol. The van der Waals surface area contributed by atoms with Crippen LogP contribution in [0.25, 0.3) is 0 Å². The van der Waals surface area contributed by atoms with Crippen LogP contribution in [0.3, 0.4) is 0 Å². The first-order valence-electron chi connectivity index (χ1n) is 3.88. The van der Waals surface area contributed by atoms with Gasteiger partial charge in [-0.25, -0.2) is 4.39 Å². The van der Waals surface area contributed by atoms with Gasteiger partial charge >= 0.3 is 0 Å². The number of terminal acetylenes is 1. The molecule has 1 rings (SSSR count). The van der Waals surface area contributed by atoms with Gasteiger partial charge in [0, 0.05) is 5.56 Å². The molecule has 0 spiro atoms. The van der Waals surface area contributed by atoms with E-state index in [0.717, 1.165) is 0 Å². The van der Waals surface area contributed by atoms with Crippen LogP contribution in [0.15, 0.2) is 18.2 Å². The van der Waals surface area contributed by atoms with Crippen molar-refractivity contribution in [2.75, 3.05) is 0 Å². The Labute approximate surface area is 76.6 Å². The van der Waals surface area contributed by atoms with E-state index in [1.165, 1.54) is 6.07 Å². The van der Waals surface area contributed by atoms with Crippen LogP contribution in [0.5, 0.6) is 0 Å². The van der Waals surface area contributed by atoms with Gasteiger partial charge in [0.25, 0.3) is 0 Å². The Morgan fingerprint density at radius 2 is 2.31 bits per heavy atom. The van der Waals surface area contributed by atoms with E-state index in [9.17, 15) is 9.18 Å². The third-order valence-electron chi connectivity index (χ3n) is 1.76. The lowest BCUT2D eigenvalue weighted by Crippen LogP contribution is -1.98. The third-order valence-corrected chi connectivity index (χ3v) is 1.76. The normalized spacial score (nSPS) is 9.31. The Morgan fingerprint density at radius 1 is 1.62 bits per heavy atom. The van der Waals surface area contributed by atoms with Crippen molar-refractivity contribution in [1.82, 2.24) is 0 Å². The van der Waals surface area contributed by atoms with Gasteiger partial charge in [-0.15, -0.1) is 6.42 Å². The maximum absolute atomic E-state index is 13.0. The highest BCUT2D eigenvalue weighted by atomic mass is 19.1. The van der Waals surface area contributed by atoms with Crippen LogP contribution in [0.1, 0.15) is 22.3 Å². The molecule has 1 aromatic carbocycles. The molecule has 0 N–H and O–H groups in total. The van der Waals surface area contributed by atoms with Crippen LogP contribution in [-0.2, 0) is 0 Å². The first-order chi connectivity index (χ1) is 6.15. The zero-order valence-electron chi connectivity index (χ0n) is 7.30. The van der Waals surface area contributed by atoms with Gasteiger partial charge in [-0.1, -0.05) is 18.1 Å². The van der Waals surface area contributed by atoms with Crippen molar-refractivity contribution < 1.29 is 9.18 Å². The fourth-order valence-electron chi connectivity index (χ4n) is 0.961. The summed E-state index contributed by atoms with van der Waals surface area (Å²) in [5.41, 5.74) is 0.860. The zero-order valence-corrected chi connectivity index (χ0v) is 7.30. The second-order valence-electron chi connectivity index (χ2n) is 2.77. The molecule has 0 aromatic heterocycles. The maximum atomic E-state index is 13.0. The third kappa shape index (κ3) is 2.16. The molecule has 0 saturated carbocycles. The van der Waals surface area contributed by atoms with Gasteiger partial charge in [-0.05, 0) is 18.6 Å². The summed E-state index contributed by atoms with van der Waals surface area (Å²) in [5.74, 6) is 1.63. The lowest BCUT2D eigenvalue weighted by Gasteiger charge is -1.99. The summed E-state index contributed by atoms with van der Waals surface area (Å²) < 4.78 is 13.0. The fourth-order valence-corrected chi connectivity index (χ4v) is 0.961. The van der Waals surface area contributed by atoms with E-state index in [2.05, 4.69) is 5.92 Å². The number of halogens is 1. The Bertz CT molecular complexity index is 374. The highest BCUT2D eigenvalue weighted by Gasteiger charge is 2.06. The largest absolute Gasteiger partial charge is 0.293 e. The van der Waals surface area contributed by atoms with E-state index < -0.39 is 0 Å². The van der Waals surface area contributed by atoms with E-state index in [-0.39, 0.29) is 18.0 Å². The van der Waals surface area contributed by atoms with E-state index in [4.69, 9.17) is 6.42 Å². The van der Waals surface area contributed by atoms with E-state index in [0.29, 0.717) is 11.1 Å². The molecule has 1 nitrogen and oxygen atoms in total. The zero-order chi connectivity index (χ0) is 9.84. The highest BCUT2D eigenvalue weighted by Crippen LogP contribution is 2.10. The van der Waals surface area contributed by atoms with Gasteiger partial charge in [0.2, 0.25) is 0 Å². The van der Waals surface area contributed by atoms with Gasteiger partial charge in [0.1, 0.15) is 5.82 Å². The summed E-state index contributed by atoms with van der Waals surface area (Å²) in [6.45, 7) is 1.64. The van der Waals surface area contributed by atoms with Crippen molar-refractivity contribution in [3.05, 3.63) is 35.1 Å². The molecule has 1 aromatic rings. The van der Waals surface area contributed by atoms with E-state index in [1.54, 1.807) is 19.1 Å². The molecule has 0 atom stereocenters. The molecule has 0 fully saturated rings. The molecule has 0 aliphatic heterocycles. The molecule has 0 aliphatic rings. The quantitative estimate of drug-likeness (QED) is 0.499. The van der Waals surface area contributed by atoms with Crippen LogP contribution in [0.4, 0.5) is 4.39 Å². The molecule has 0 unspecified atom stereocenters. The first kappa shape index (κ1) is 9.47. The number of ketones is 1. The molecule has 0 radical (unpaired) electrons. The second-order valence-corrected chi connectivity index (χ2v) is 2.77. The Morgan fingerprint density at radius 3 is 2.85 bits per heavy atom. The lowest BCUT2D eigenvalue weighted by molar-refractivity contribution is 0.0998. The first-order valence-corrected chi connectivity index (χ1v) is 3.88. The van der Waals surface area contributed by atoms with Crippen LogP contribution < -0.4 is 0 Å². The minimum atomic E-state index is -0.372. The van der Waals surface area contributed by atoms with Crippen LogP contribution >= 0.6 is 0 Å². The van der Waals surface area contributed by atoms with Gasteiger partial charge in [-0.3, -0.25) is 4.79 Å². The minimum absolute atomic E-state index is 0.0164. The smallest absolute Gasteiger partial charge is 0.174 e. The van der Waals surface area contributed by atoms with Crippen molar-refractivity contribution in [1.29, 1.82) is 0 Å². The number of carbonyl (C=O) groups excluding carboxylic acids is 1. The summed E-state index contributed by atoms with van der Waals surface area (Å²) in [6, 6.07) is 4.37. The molecule has 0 saturated heterocycles. The number of Topliss-reactive ketones (excluding diaryl/α,β-unsaturated/α-hetero) is 1.